The zero-order valence-electron chi connectivity index (χ0n) is 10.6. The topological polar surface area (TPSA) is 38.7 Å². The van der Waals surface area contributed by atoms with Crippen LogP contribution in [0.25, 0.3) is 0 Å². The molecular weight excluding hydrogens is 202 g/mol. The third kappa shape index (κ3) is 4.77. The molecule has 1 atom stereocenters. The molecule has 1 aliphatic carbocycles. The average Bonchev–Trinajstić information content (AvgIpc) is 2.26. The summed E-state index contributed by atoms with van der Waals surface area (Å²) in [6, 6.07) is -0.357. The fourth-order valence-electron chi connectivity index (χ4n) is 1.93. The molecule has 0 N–H and O–H groups in total. The van der Waals surface area contributed by atoms with E-state index in [-0.39, 0.29) is 18.1 Å². The molecule has 92 valence electrons. The van der Waals surface area contributed by atoms with E-state index in [4.69, 9.17) is 4.74 Å². The van der Waals surface area contributed by atoms with Crippen molar-refractivity contribution in [3.8, 4) is 0 Å². The van der Waals surface area contributed by atoms with Gasteiger partial charge in [0.15, 0.2) is 0 Å². The second-order valence-corrected chi connectivity index (χ2v) is 4.86. The Hall–Kier alpha value is -0.860. The first-order valence-corrected chi connectivity index (χ1v) is 6.33. The van der Waals surface area contributed by atoms with Crippen molar-refractivity contribution >= 4 is 12.2 Å². The third-order valence-electron chi connectivity index (χ3n) is 2.86. The Labute approximate surface area is 98.3 Å². The SMILES string of the molecule is CC(C)OC(=O)C(C)N=CC1CCCCC1. The molecule has 0 aromatic carbocycles. The van der Waals surface area contributed by atoms with E-state index in [1.807, 2.05) is 20.1 Å². The molecule has 0 aliphatic heterocycles. The molecule has 0 radical (unpaired) electrons. The van der Waals surface area contributed by atoms with Crippen LogP contribution < -0.4 is 0 Å². The summed E-state index contributed by atoms with van der Waals surface area (Å²) in [6.07, 6.45) is 8.27. The number of hydrogen-bond acceptors (Lipinski definition) is 3. The minimum atomic E-state index is -0.357. The Morgan fingerprint density at radius 2 is 1.88 bits per heavy atom. The molecule has 0 spiro atoms. The van der Waals surface area contributed by atoms with Gasteiger partial charge in [-0.3, -0.25) is 4.99 Å². The van der Waals surface area contributed by atoms with Crippen LogP contribution >= 0.6 is 0 Å². The summed E-state index contributed by atoms with van der Waals surface area (Å²) in [5.74, 6) is 0.352. The normalized spacial score (nSPS) is 20.2. The molecule has 1 fully saturated rings. The fourth-order valence-corrected chi connectivity index (χ4v) is 1.93. The van der Waals surface area contributed by atoms with Crippen molar-refractivity contribution in [2.45, 2.75) is 65.0 Å². The molecule has 1 saturated carbocycles. The van der Waals surface area contributed by atoms with E-state index >= 15 is 0 Å². The average molecular weight is 225 g/mol. The molecule has 0 heterocycles. The van der Waals surface area contributed by atoms with Gasteiger partial charge in [0.2, 0.25) is 0 Å². The molecule has 1 aliphatic rings. The third-order valence-corrected chi connectivity index (χ3v) is 2.86. The maximum absolute atomic E-state index is 11.5. The highest BCUT2D eigenvalue weighted by Gasteiger charge is 2.15. The first-order valence-electron chi connectivity index (χ1n) is 6.33. The van der Waals surface area contributed by atoms with Gasteiger partial charge >= 0.3 is 5.97 Å². The standard InChI is InChI=1S/C13H23NO2/c1-10(2)16-13(15)11(3)14-9-12-7-5-4-6-8-12/h9-12H,4-8H2,1-3H3. The summed E-state index contributed by atoms with van der Waals surface area (Å²) in [6.45, 7) is 5.51. The number of carbonyl (C=O) groups is 1. The Balaban J connectivity index is 2.33. The molecule has 3 heteroatoms. The van der Waals surface area contributed by atoms with Crippen molar-refractivity contribution in [2.75, 3.05) is 0 Å². The van der Waals surface area contributed by atoms with Gasteiger partial charge in [0.1, 0.15) is 6.04 Å². The molecule has 0 amide bonds. The molecule has 0 aromatic heterocycles. The zero-order chi connectivity index (χ0) is 12.0. The van der Waals surface area contributed by atoms with Gasteiger partial charge in [-0.15, -0.1) is 0 Å². The smallest absolute Gasteiger partial charge is 0.330 e. The molecule has 16 heavy (non-hydrogen) atoms. The first-order chi connectivity index (χ1) is 7.59. The largest absolute Gasteiger partial charge is 0.461 e. The van der Waals surface area contributed by atoms with E-state index in [1.54, 1.807) is 6.92 Å². The van der Waals surface area contributed by atoms with Crippen LogP contribution in [0.4, 0.5) is 0 Å². The summed E-state index contributed by atoms with van der Waals surface area (Å²) in [5.41, 5.74) is 0. The van der Waals surface area contributed by atoms with Crippen molar-refractivity contribution in [3.05, 3.63) is 0 Å². The molecule has 0 saturated heterocycles. The van der Waals surface area contributed by atoms with Crippen LogP contribution in [0, 0.1) is 5.92 Å². The lowest BCUT2D eigenvalue weighted by atomic mass is 9.90. The molecule has 0 bridgehead atoms. The van der Waals surface area contributed by atoms with E-state index in [2.05, 4.69) is 4.99 Å². The van der Waals surface area contributed by atoms with Crippen molar-refractivity contribution in [1.82, 2.24) is 0 Å². The number of rotatable bonds is 4. The van der Waals surface area contributed by atoms with Gasteiger partial charge in [0.25, 0.3) is 0 Å². The predicted octanol–water partition coefficient (Wildman–Crippen LogP) is 2.98. The van der Waals surface area contributed by atoms with Crippen LogP contribution in [0.3, 0.4) is 0 Å². The highest BCUT2D eigenvalue weighted by Crippen LogP contribution is 2.22. The van der Waals surface area contributed by atoms with Gasteiger partial charge in [-0.05, 0) is 39.5 Å². The number of nitrogens with zero attached hydrogens (tertiary/aromatic N) is 1. The van der Waals surface area contributed by atoms with Crippen molar-refractivity contribution in [1.29, 1.82) is 0 Å². The maximum Gasteiger partial charge on any atom is 0.330 e. The minimum Gasteiger partial charge on any atom is -0.461 e. The van der Waals surface area contributed by atoms with E-state index in [1.165, 1.54) is 32.1 Å². The summed E-state index contributed by atoms with van der Waals surface area (Å²) in [7, 11) is 0. The van der Waals surface area contributed by atoms with Crippen LogP contribution in [0.1, 0.15) is 52.9 Å². The van der Waals surface area contributed by atoms with Gasteiger partial charge in [-0.1, -0.05) is 19.3 Å². The number of carbonyl (C=O) groups excluding carboxylic acids is 1. The van der Waals surface area contributed by atoms with Crippen LogP contribution in [0.15, 0.2) is 4.99 Å². The molecule has 3 nitrogen and oxygen atoms in total. The van der Waals surface area contributed by atoms with Crippen molar-refractivity contribution in [2.24, 2.45) is 10.9 Å². The second kappa shape index (κ2) is 6.66. The summed E-state index contributed by atoms with van der Waals surface area (Å²) < 4.78 is 5.10. The Bertz CT molecular complexity index is 242. The van der Waals surface area contributed by atoms with Crippen LogP contribution in [0.2, 0.25) is 0 Å². The molecule has 0 aromatic rings. The second-order valence-electron chi connectivity index (χ2n) is 4.86. The Kier molecular flexibility index (Phi) is 5.50. The van der Waals surface area contributed by atoms with Crippen LogP contribution in [-0.4, -0.2) is 24.3 Å². The van der Waals surface area contributed by atoms with Gasteiger partial charge in [-0.25, -0.2) is 4.79 Å². The van der Waals surface area contributed by atoms with E-state index in [0.717, 1.165) is 0 Å². The highest BCUT2D eigenvalue weighted by molar-refractivity contribution is 5.78. The summed E-state index contributed by atoms with van der Waals surface area (Å²) in [5, 5.41) is 0. The van der Waals surface area contributed by atoms with E-state index in [9.17, 15) is 4.79 Å². The lowest BCUT2D eigenvalue weighted by Crippen LogP contribution is -2.22. The van der Waals surface area contributed by atoms with Crippen LogP contribution in [-0.2, 0) is 9.53 Å². The van der Waals surface area contributed by atoms with Crippen LogP contribution in [0.5, 0.6) is 0 Å². The van der Waals surface area contributed by atoms with Crippen molar-refractivity contribution < 1.29 is 9.53 Å². The number of ether oxygens (including phenoxy) is 1. The van der Waals surface area contributed by atoms with Gasteiger partial charge in [-0.2, -0.15) is 0 Å². The highest BCUT2D eigenvalue weighted by atomic mass is 16.5. The first kappa shape index (κ1) is 13.2. The van der Waals surface area contributed by atoms with E-state index < -0.39 is 0 Å². The zero-order valence-corrected chi connectivity index (χ0v) is 10.6. The lowest BCUT2D eigenvalue weighted by Gasteiger charge is -2.17. The fraction of sp³-hybridized carbons (Fsp3) is 0.846. The predicted molar refractivity (Wildman–Crippen MR) is 65.8 cm³/mol. The van der Waals surface area contributed by atoms with Gasteiger partial charge < -0.3 is 4.74 Å². The lowest BCUT2D eigenvalue weighted by molar-refractivity contribution is -0.148. The number of esters is 1. The van der Waals surface area contributed by atoms with Crippen molar-refractivity contribution in [3.63, 3.8) is 0 Å². The van der Waals surface area contributed by atoms with Gasteiger partial charge in [0, 0.05) is 6.21 Å². The number of hydrogen-bond donors (Lipinski definition) is 0. The number of aliphatic imine (C=N–C) groups is 1. The van der Waals surface area contributed by atoms with Gasteiger partial charge in [0.05, 0.1) is 6.10 Å². The molecule has 1 unspecified atom stereocenters. The van der Waals surface area contributed by atoms with E-state index in [0.29, 0.717) is 5.92 Å². The Morgan fingerprint density at radius 1 is 1.25 bits per heavy atom. The summed E-state index contributed by atoms with van der Waals surface area (Å²) in [4.78, 5) is 15.8. The monoisotopic (exact) mass is 225 g/mol. The molecule has 1 rings (SSSR count). The quantitative estimate of drug-likeness (QED) is 0.545. The summed E-state index contributed by atoms with van der Waals surface area (Å²) >= 11 is 0. The molecular formula is C13H23NO2. The minimum absolute atomic E-state index is 0.0557. The maximum atomic E-state index is 11.5. The Morgan fingerprint density at radius 3 is 2.44 bits per heavy atom.